The van der Waals surface area contributed by atoms with E-state index in [1.54, 1.807) is 37.0 Å². The first-order chi connectivity index (χ1) is 15.4. The zero-order valence-electron chi connectivity index (χ0n) is 17.2. The number of benzene rings is 1. The number of hydrogen-bond acceptors (Lipinski definition) is 8. The van der Waals surface area contributed by atoms with Gasteiger partial charge in [-0.15, -0.1) is 0 Å². The van der Waals surface area contributed by atoms with Crippen LogP contribution in [0.3, 0.4) is 0 Å². The number of halogens is 1. The molecule has 3 heterocycles. The van der Waals surface area contributed by atoms with Crippen LogP contribution in [-0.2, 0) is 23.7 Å². The van der Waals surface area contributed by atoms with E-state index in [2.05, 4.69) is 24.9 Å². The molecular formula is C20H19FN6O4S. The average Bonchev–Trinajstić information content (AvgIpc) is 3.40. The molecule has 0 saturated carbocycles. The standard InChI is InChI=1S/C20H19FN6O4S/c1-3-24-32(28,29)15-7-4-13(5-8-15)19-25-20(31-26-19)16-11-23-27(2)17(16)12-30-18-9-6-14(21)10-22-18/h4-11,24H,3,12H2,1-2H3. The molecule has 166 valence electrons. The summed E-state index contributed by atoms with van der Waals surface area (Å²) in [7, 11) is -1.81. The Labute approximate surface area is 183 Å². The van der Waals surface area contributed by atoms with Gasteiger partial charge in [-0.25, -0.2) is 22.5 Å². The summed E-state index contributed by atoms with van der Waals surface area (Å²) in [4.78, 5) is 8.41. The highest BCUT2D eigenvalue weighted by Gasteiger charge is 2.19. The Morgan fingerprint density at radius 3 is 2.62 bits per heavy atom. The minimum Gasteiger partial charge on any atom is -0.471 e. The van der Waals surface area contributed by atoms with Gasteiger partial charge in [0.25, 0.3) is 5.89 Å². The van der Waals surface area contributed by atoms with Crippen molar-refractivity contribution in [2.75, 3.05) is 6.54 Å². The lowest BCUT2D eigenvalue weighted by molar-refractivity contribution is 0.282. The van der Waals surface area contributed by atoms with Crippen molar-refractivity contribution < 1.29 is 22.1 Å². The topological polar surface area (TPSA) is 125 Å². The van der Waals surface area contributed by atoms with Gasteiger partial charge in [-0.3, -0.25) is 4.68 Å². The number of nitrogens with one attached hydrogen (secondary N) is 1. The Hall–Kier alpha value is -3.64. The molecule has 4 rings (SSSR count). The average molecular weight is 458 g/mol. The zero-order chi connectivity index (χ0) is 22.7. The number of aryl methyl sites for hydroxylation is 1. The summed E-state index contributed by atoms with van der Waals surface area (Å²) >= 11 is 0. The largest absolute Gasteiger partial charge is 0.471 e. The van der Waals surface area contributed by atoms with Gasteiger partial charge in [-0.2, -0.15) is 10.1 Å². The maximum absolute atomic E-state index is 13.0. The number of hydrogen-bond donors (Lipinski definition) is 1. The first kappa shape index (κ1) is 21.6. The number of rotatable bonds is 8. The Kier molecular flexibility index (Phi) is 5.97. The molecule has 12 heteroatoms. The van der Waals surface area contributed by atoms with Gasteiger partial charge in [-0.1, -0.05) is 12.1 Å². The molecule has 0 aliphatic rings. The number of aromatic nitrogens is 5. The van der Waals surface area contributed by atoms with Crippen LogP contribution in [0.1, 0.15) is 12.6 Å². The lowest BCUT2D eigenvalue weighted by Crippen LogP contribution is -2.22. The van der Waals surface area contributed by atoms with Gasteiger partial charge in [0.2, 0.25) is 21.7 Å². The quantitative estimate of drug-likeness (QED) is 0.427. The van der Waals surface area contributed by atoms with Crippen LogP contribution in [0.4, 0.5) is 4.39 Å². The zero-order valence-corrected chi connectivity index (χ0v) is 18.0. The Morgan fingerprint density at radius 2 is 1.94 bits per heavy atom. The molecule has 0 atom stereocenters. The fourth-order valence-corrected chi connectivity index (χ4v) is 3.95. The first-order valence-electron chi connectivity index (χ1n) is 9.57. The summed E-state index contributed by atoms with van der Waals surface area (Å²) in [5.74, 6) is 0.327. The fraction of sp³-hybridized carbons (Fsp3) is 0.200. The van der Waals surface area contributed by atoms with Crippen molar-refractivity contribution in [2.24, 2.45) is 7.05 Å². The highest BCUT2D eigenvalue weighted by atomic mass is 32.2. The molecule has 0 aliphatic heterocycles. The molecule has 3 aromatic heterocycles. The molecule has 32 heavy (non-hydrogen) atoms. The second-order valence-corrected chi connectivity index (χ2v) is 8.45. The normalized spacial score (nSPS) is 11.6. The lowest BCUT2D eigenvalue weighted by Gasteiger charge is -2.06. The van der Waals surface area contributed by atoms with E-state index < -0.39 is 15.8 Å². The predicted octanol–water partition coefficient (Wildman–Crippen LogP) is 2.55. The van der Waals surface area contributed by atoms with Crippen molar-refractivity contribution in [2.45, 2.75) is 18.4 Å². The second kappa shape index (κ2) is 8.85. The molecule has 0 unspecified atom stereocenters. The molecule has 1 aromatic carbocycles. The maximum atomic E-state index is 13.0. The van der Waals surface area contributed by atoms with Crippen LogP contribution in [-0.4, -0.2) is 39.9 Å². The highest BCUT2D eigenvalue weighted by molar-refractivity contribution is 7.89. The number of sulfonamides is 1. The minimum absolute atomic E-state index is 0.0964. The number of nitrogens with zero attached hydrogens (tertiary/aromatic N) is 5. The summed E-state index contributed by atoms with van der Waals surface area (Å²) in [6.07, 6.45) is 2.64. The van der Waals surface area contributed by atoms with Crippen LogP contribution in [0.5, 0.6) is 5.88 Å². The van der Waals surface area contributed by atoms with E-state index in [1.165, 1.54) is 24.3 Å². The van der Waals surface area contributed by atoms with E-state index in [0.29, 0.717) is 29.2 Å². The van der Waals surface area contributed by atoms with Gasteiger partial charge in [0, 0.05) is 25.2 Å². The maximum Gasteiger partial charge on any atom is 0.261 e. The second-order valence-electron chi connectivity index (χ2n) is 6.68. The van der Waals surface area contributed by atoms with Crippen molar-refractivity contribution in [1.29, 1.82) is 0 Å². The molecule has 0 spiro atoms. The van der Waals surface area contributed by atoms with Crippen molar-refractivity contribution in [3.05, 3.63) is 60.3 Å². The van der Waals surface area contributed by atoms with Gasteiger partial charge >= 0.3 is 0 Å². The summed E-state index contributed by atoms with van der Waals surface area (Å²) < 4.78 is 52.2. The molecule has 4 aromatic rings. The molecular weight excluding hydrogens is 439 g/mol. The van der Waals surface area contributed by atoms with Crippen molar-refractivity contribution >= 4 is 10.0 Å². The Morgan fingerprint density at radius 1 is 1.16 bits per heavy atom. The van der Waals surface area contributed by atoms with Crippen LogP contribution in [0.25, 0.3) is 22.8 Å². The molecule has 10 nitrogen and oxygen atoms in total. The lowest BCUT2D eigenvalue weighted by atomic mass is 10.2. The van der Waals surface area contributed by atoms with E-state index in [0.717, 1.165) is 6.20 Å². The van der Waals surface area contributed by atoms with Crippen LogP contribution >= 0.6 is 0 Å². The van der Waals surface area contributed by atoms with E-state index in [-0.39, 0.29) is 23.3 Å². The molecule has 0 radical (unpaired) electrons. The van der Waals surface area contributed by atoms with Gasteiger partial charge in [0.1, 0.15) is 12.4 Å². The van der Waals surface area contributed by atoms with Crippen LogP contribution in [0.2, 0.25) is 0 Å². The third-order valence-electron chi connectivity index (χ3n) is 4.53. The van der Waals surface area contributed by atoms with E-state index >= 15 is 0 Å². The summed E-state index contributed by atoms with van der Waals surface area (Å²) in [6.45, 7) is 2.10. The highest BCUT2D eigenvalue weighted by Crippen LogP contribution is 2.26. The summed E-state index contributed by atoms with van der Waals surface area (Å²) in [5, 5.41) is 8.20. The fourth-order valence-electron chi connectivity index (χ4n) is 2.91. The Bertz CT molecular complexity index is 1320. The van der Waals surface area contributed by atoms with Gasteiger partial charge in [0.05, 0.1) is 28.5 Å². The molecule has 0 fully saturated rings. The minimum atomic E-state index is -3.55. The third-order valence-corrected chi connectivity index (χ3v) is 6.09. The molecule has 0 amide bonds. The van der Waals surface area contributed by atoms with Crippen molar-refractivity contribution in [3.63, 3.8) is 0 Å². The van der Waals surface area contributed by atoms with Gasteiger partial charge in [0.15, 0.2) is 0 Å². The van der Waals surface area contributed by atoms with Crippen LogP contribution in [0, 0.1) is 5.82 Å². The number of pyridine rings is 1. The first-order valence-corrected chi connectivity index (χ1v) is 11.0. The summed E-state index contributed by atoms with van der Waals surface area (Å²) in [5.41, 5.74) is 1.81. The van der Waals surface area contributed by atoms with Crippen LogP contribution < -0.4 is 9.46 Å². The monoisotopic (exact) mass is 458 g/mol. The molecule has 0 bridgehead atoms. The Balaban J connectivity index is 1.54. The van der Waals surface area contributed by atoms with Crippen molar-refractivity contribution in [3.8, 4) is 28.7 Å². The smallest absolute Gasteiger partial charge is 0.261 e. The van der Waals surface area contributed by atoms with E-state index in [4.69, 9.17) is 9.26 Å². The van der Waals surface area contributed by atoms with E-state index in [1.807, 2.05) is 0 Å². The van der Waals surface area contributed by atoms with E-state index in [9.17, 15) is 12.8 Å². The van der Waals surface area contributed by atoms with Crippen LogP contribution in [0.15, 0.2) is 58.2 Å². The number of ether oxygens (including phenoxy) is 1. The molecule has 0 aliphatic carbocycles. The van der Waals surface area contributed by atoms with Gasteiger partial charge in [-0.05, 0) is 30.3 Å². The predicted molar refractivity (Wildman–Crippen MR) is 111 cm³/mol. The van der Waals surface area contributed by atoms with Gasteiger partial charge < -0.3 is 9.26 Å². The molecule has 0 saturated heterocycles. The molecule has 1 N–H and O–H groups in total. The summed E-state index contributed by atoms with van der Waals surface area (Å²) in [6, 6.07) is 8.84. The third kappa shape index (κ3) is 4.50. The SMILES string of the molecule is CCNS(=O)(=O)c1ccc(-c2noc(-c3cnn(C)c3COc3ccc(F)cn3)n2)cc1. The van der Waals surface area contributed by atoms with Crippen molar-refractivity contribution in [1.82, 2.24) is 29.6 Å².